The number of hydrogen-bond acceptors (Lipinski definition) is 2. The quantitative estimate of drug-likeness (QED) is 0.505. The van der Waals surface area contributed by atoms with Gasteiger partial charge in [-0.3, -0.25) is 0 Å². The van der Waals surface area contributed by atoms with Crippen molar-refractivity contribution in [2.75, 3.05) is 11.2 Å². The number of rotatable bonds is 7. The molecule has 0 spiro atoms. The van der Waals surface area contributed by atoms with Crippen LogP contribution in [-0.4, -0.2) is 15.1 Å². The summed E-state index contributed by atoms with van der Waals surface area (Å²) in [6.45, 7) is 7.57. The molecule has 0 aromatic heterocycles. The van der Waals surface area contributed by atoms with Crippen LogP contribution in [-0.2, 0) is 4.43 Å². The van der Waals surface area contributed by atoms with E-state index in [0.717, 1.165) is 13.0 Å². The lowest BCUT2D eigenvalue weighted by Gasteiger charge is -2.38. The summed E-state index contributed by atoms with van der Waals surface area (Å²) in [4.78, 5) is 0. The molecule has 0 aliphatic heterocycles. The lowest BCUT2D eigenvalue weighted by molar-refractivity contribution is 0.299. The highest BCUT2D eigenvalue weighted by Gasteiger charge is 2.33. The molecule has 112 valence electrons. The first-order valence-electron chi connectivity index (χ1n) is 7.69. The molecule has 0 radical (unpaired) electrons. The summed E-state index contributed by atoms with van der Waals surface area (Å²) in [7, 11) is -2.02. The minimum absolute atomic E-state index is 0.839. The van der Waals surface area contributed by atoms with Crippen LogP contribution in [0.2, 0.25) is 13.1 Å². The van der Waals surface area contributed by atoms with Crippen LogP contribution in [0.1, 0.15) is 19.8 Å². The summed E-state index contributed by atoms with van der Waals surface area (Å²) in [6.07, 6.45) is 2.29. The predicted octanol–water partition coefficient (Wildman–Crippen LogP) is 5.34. The second kappa shape index (κ2) is 7.43. The van der Waals surface area contributed by atoms with Gasteiger partial charge >= 0.3 is 0 Å². The molecule has 0 fully saturated rings. The number of unbranched alkanes of at least 4 members (excludes halogenated alkanes) is 1. The number of hydrogen-bond donors (Lipinski definition) is 0. The first-order valence-corrected chi connectivity index (χ1v) is 10.5. The van der Waals surface area contributed by atoms with Gasteiger partial charge in [-0.25, -0.2) is 0 Å². The SMILES string of the molecule is CCCCO[Si](C)(C)N(c1ccccc1)c1ccccc1. The van der Waals surface area contributed by atoms with E-state index in [1.54, 1.807) is 0 Å². The molecule has 0 amide bonds. The van der Waals surface area contributed by atoms with Gasteiger partial charge in [-0.1, -0.05) is 49.7 Å². The molecule has 2 nitrogen and oxygen atoms in total. The Kier molecular flexibility index (Phi) is 5.59. The van der Waals surface area contributed by atoms with Crippen molar-refractivity contribution in [1.82, 2.24) is 0 Å². The third kappa shape index (κ3) is 4.19. The first kappa shape index (κ1) is 15.8. The zero-order chi connectivity index (χ0) is 15.1. The molecule has 0 heterocycles. The van der Waals surface area contributed by atoms with E-state index in [1.165, 1.54) is 17.8 Å². The topological polar surface area (TPSA) is 12.5 Å². The Morgan fingerprint density at radius 1 is 0.857 bits per heavy atom. The Bertz CT molecular complexity index is 488. The molecule has 3 heteroatoms. The largest absolute Gasteiger partial charge is 0.399 e. The van der Waals surface area contributed by atoms with Gasteiger partial charge in [0.15, 0.2) is 0 Å². The van der Waals surface area contributed by atoms with Crippen molar-refractivity contribution in [3.63, 3.8) is 0 Å². The van der Waals surface area contributed by atoms with E-state index in [0.29, 0.717) is 0 Å². The molecule has 0 atom stereocenters. The molecule has 2 aromatic carbocycles. The fourth-order valence-electron chi connectivity index (χ4n) is 2.46. The number of para-hydroxylation sites is 2. The normalized spacial score (nSPS) is 11.4. The monoisotopic (exact) mass is 299 g/mol. The Hall–Kier alpha value is -1.58. The number of anilines is 2. The molecule has 0 bridgehead atoms. The molecule has 0 aliphatic carbocycles. The fourth-order valence-corrected chi connectivity index (χ4v) is 4.77. The van der Waals surface area contributed by atoms with Crippen LogP contribution in [0, 0.1) is 0 Å². The molecule has 21 heavy (non-hydrogen) atoms. The van der Waals surface area contributed by atoms with Crippen LogP contribution in [0.4, 0.5) is 11.4 Å². The van der Waals surface area contributed by atoms with Crippen LogP contribution in [0.3, 0.4) is 0 Å². The predicted molar refractivity (Wildman–Crippen MR) is 93.4 cm³/mol. The lowest BCUT2D eigenvalue weighted by Crippen LogP contribution is -2.49. The molecule has 0 saturated heterocycles. The van der Waals surface area contributed by atoms with Gasteiger partial charge in [-0.2, -0.15) is 0 Å². The smallest absolute Gasteiger partial charge is 0.298 e. The second-order valence-electron chi connectivity index (χ2n) is 5.66. The molecule has 2 aromatic rings. The minimum atomic E-state index is -2.02. The zero-order valence-electron chi connectivity index (χ0n) is 13.3. The van der Waals surface area contributed by atoms with Gasteiger partial charge in [-0.15, -0.1) is 0 Å². The van der Waals surface area contributed by atoms with E-state index in [2.05, 4.69) is 85.2 Å². The van der Waals surface area contributed by atoms with Crippen LogP contribution in [0.15, 0.2) is 60.7 Å². The molecule has 0 saturated carbocycles. The second-order valence-corrected chi connectivity index (χ2v) is 9.28. The van der Waals surface area contributed by atoms with Gasteiger partial charge in [0.25, 0.3) is 8.48 Å². The zero-order valence-corrected chi connectivity index (χ0v) is 14.3. The third-order valence-corrected chi connectivity index (χ3v) is 6.02. The summed E-state index contributed by atoms with van der Waals surface area (Å²) >= 11 is 0. The molecule has 0 unspecified atom stereocenters. The van der Waals surface area contributed by atoms with E-state index in [-0.39, 0.29) is 0 Å². The van der Waals surface area contributed by atoms with Gasteiger partial charge in [0.2, 0.25) is 0 Å². The van der Waals surface area contributed by atoms with E-state index in [1.807, 2.05) is 0 Å². The highest BCUT2D eigenvalue weighted by molar-refractivity contribution is 6.76. The van der Waals surface area contributed by atoms with Crippen molar-refractivity contribution in [2.45, 2.75) is 32.9 Å². The average Bonchev–Trinajstić information content (AvgIpc) is 2.49. The van der Waals surface area contributed by atoms with Crippen molar-refractivity contribution in [3.8, 4) is 0 Å². The maximum Gasteiger partial charge on any atom is 0.298 e. The maximum absolute atomic E-state index is 6.31. The van der Waals surface area contributed by atoms with Crippen molar-refractivity contribution in [3.05, 3.63) is 60.7 Å². The summed E-state index contributed by atoms with van der Waals surface area (Å²) in [5, 5.41) is 0. The van der Waals surface area contributed by atoms with Gasteiger partial charge < -0.3 is 8.99 Å². The van der Waals surface area contributed by atoms with Crippen molar-refractivity contribution in [1.29, 1.82) is 0 Å². The average molecular weight is 299 g/mol. The summed E-state index contributed by atoms with van der Waals surface area (Å²) < 4.78 is 8.70. The van der Waals surface area contributed by atoms with Crippen LogP contribution < -0.4 is 4.57 Å². The van der Waals surface area contributed by atoms with Crippen molar-refractivity contribution < 1.29 is 4.43 Å². The molecule has 0 N–H and O–H groups in total. The van der Waals surface area contributed by atoms with E-state index >= 15 is 0 Å². The first-order chi connectivity index (χ1) is 10.1. The summed E-state index contributed by atoms with van der Waals surface area (Å²) in [5.74, 6) is 0. The lowest BCUT2D eigenvalue weighted by atomic mass is 10.3. The van der Waals surface area contributed by atoms with Crippen LogP contribution in [0.5, 0.6) is 0 Å². The fraction of sp³-hybridized carbons (Fsp3) is 0.333. The molecule has 2 rings (SSSR count). The Balaban J connectivity index is 2.32. The molecular formula is C18H25NOSi. The Morgan fingerprint density at radius 3 is 1.76 bits per heavy atom. The highest BCUT2D eigenvalue weighted by Crippen LogP contribution is 2.31. The van der Waals surface area contributed by atoms with Gasteiger partial charge in [0.05, 0.1) is 0 Å². The third-order valence-electron chi connectivity index (χ3n) is 3.52. The van der Waals surface area contributed by atoms with Gasteiger partial charge in [0, 0.05) is 18.0 Å². The van der Waals surface area contributed by atoms with Crippen LogP contribution >= 0.6 is 0 Å². The molecular weight excluding hydrogens is 274 g/mol. The summed E-state index contributed by atoms with van der Waals surface area (Å²) in [5.41, 5.74) is 2.41. The molecule has 0 aliphatic rings. The number of nitrogens with zero attached hydrogens (tertiary/aromatic N) is 1. The van der Waals surface area contributed by atoms with E-state index in [4.69, 9.17) is 4.43 Å². The minimum Gasteiger partial charge on any atom is -0.399 e. The Labute approximate surface area is 129 Å². The van der Waals surface area contributed by atoms with E-state index in [9.17, 15) is 0 Å². The standard InChI is InChI=1S/C18H25NOSi/c1-4-5-16-20-21(2,3)19(17-12-8-6-9-13-17)18-14-10-7-11-15-18/h6-15H,4-5,16H2,1-3H3. The Morgan fingerprint density at radius 2 is 1.33 bits per heavy atom. The summed E-state index contributed by atoms with van der Waals surface area (Å²) in [6, 6.07) is 21.1. The number of benzene rings is 2. The van der Waals surface area contributed by atoms with Crippen molar-refractivity contribution in [2.24, 2.45) is 0 Å². The highest BCUT2D eigenvalue weighted by atomic mass is 28.4. The van der Waals surface area contributed by atoms with Crippen molar-refractivity contribution >= 4 is 19.9 Å². The van der Waals surface area contributed by atoms with Crippen LogP contribution in [0.25, 0.3) is 0 Å². The van der Waals surface area contributed by atoms with Gasteiger partial charge in [-0.05, 0) is 43.8 Å². The van der Waals surface area contributed by atoms with E-state index < -0.39 is 8.48 Å². The maximum atomic E-state index is 6.31. The van der Waals surface area contributed by atoms with Gasteiger partial charge in [0.1, 0.15) is 0 Å².